The summed E-state index contributed by atoms with van der Waals surface area (Å²) in [7, 11) is 0. The molecule has 0 aliphatic carbocycles. The van der Waals surface area contributed by atoms with Crippen LogP contribution in [0.5, 0.6) is 23.0 Å². The fraction of sp³-hybridized carbons (Fsp3) is 0.259. The van der Waals surface area contributed by atoms with Gasteiger partial charge >= 0.3 is 0 Å². The maximum atomic E-state index is 12.6. The molecule has 0 aliphatic heterocycles. The lowest BCUT2D eigenvalue weighted by Gasteiger charge is -2.15. The number of rotatable bonds is 12. The van der Waals surface area contributed by atoms with Crippen LogP contribution in [0.3, 0.4) is 0 Å². The number of carbonyl (C=O) groups is 1. The topological polar surface area (TPSA) is 78.4 Å². The van der Waals surface area contributed by atoms with Gasteiger partial charge in [0.05, 0.1) is 29.6 Å². The average molecular weight is 623 g/mol. The Labute approximate surface area is 229 Å². The summed E-state index contributed by atoms with van der Waals surface area (Å²) in [6, 6.07) is 16.2. The number of hydrogen-bond acceptors (Lipinski definition) is 6. The van der Waals surface area contributed by atoms with E-state index in [9.17, 15) is 4.79 Å². The summed E-state index contributed by atoms with van der Waals surface area (Å²) < 4.78 is 23.8. The largest absolute Gasteiger partial charge is 0.490 e. The third kappa shape index (κ3) is 7.76. The molecule has 0 saturated heterocycles. The van der Waals surface area contributed by atoms with Gasteiger partial charge in [-0.25, -0.2) is 5.43 Å². The van der Waals surface area contributed by atoms with Crippen LogP contribution in [0.25, 0.3) is 0 Å². The van der Waals surface area contributed by atoms with Gasteiger partial charge in [-0.05, 0) is 97.0 Å². The Balaban J connectivity index is 1.71. The maximum Gasteiger partial charge on any atom is 0.271 e. The van der Waals surface area contributed by atoms with E-state index in [1.807, 2.05) is 57.2 Å². The predicted octanol–water partition coefficient (Wildman–Crippen LogP) is 6.48. The molecule has 0 spiro atoms. The van der Waals surface area contributed by atoms with Crippen LogP contribution >= 0.6 is 34.2 Å². The summed E-state index contributed by atoms with van der Waals surface area (Å²) in [5.74, 6) is 1.99. The zero-order valence-corrected chi connectivity index (χ0v) is 23.3. The predicted molar refractivity (Wildman–Crippen MR) is 150 cm³/mol. The van der Waals surface area contributed by atoms with Crippen molar-refractivity contribution >= 4 is 46.3 Å². The molecule has 0 heterocycles. The second-order valence-corrected chi connectivity index (χ2v) is 9.00. The number of halogens is 2. The van der Waals surface area contributed by atoms with E-state index in [1.165, 1.54) is 0 Å². The summed E-state index contributed by atoms with van der Waals surface area (Å²) in [6.45, 7) is 7.49. The van der Waals surface area contributed by atoms with Crippen LogP contribution in [0.4, 0.5) is 0 Å². The Bertz CT molecular complexity index is 1200. The van der Waals surface area contributed by atoms with E-state index >= 15 is 0 Å². The van der Waals surface area contributed by atoms with Crippen molar-refractivity contribution < 1.29 is 23.7 Å². The van der Waals surface area contributed by atoms with Crippen LogP contribution in [0.15, 0.2) is 59.7 Å². The van der Waals surface area contributed by atoms with E-state index in [0.29, 0.717) is 60.0 Å². The first-order valence-electron chi connectivity index (χ1n) is 11.5. The van der Waals surface area contributed by atoms with E-state index in [2.05, 4.69) is 33.1 Å². The Morgan fingerprint density at radius 2 is 1.56 bits per heavy atom. The highest BCUT2D eigenvalue weighted by Crippen LogP contribution is 2.34. The van der Waals surface area contributed by atoms with Gasteiger partial charge in [0.1, 0.15) is 6.61 Å². The molecule has 0 radical (unpaired) electrons. The molecular formula is C27H28ClIN2O5. The van der Waals surface area contributed by atoms with E-state index < -0.39 is 0 Å². The molecule has 1 N–H and O–H groups in total. The number of nitrogens with zero attached hydrogens (tertiary/aromatic N) is 1. The molecule has 1 amide bonds. The van der Waals surface area contributed by atoms with Crippen LogP contribution in [0.2, 0.25) is 5.02 Å². The fourth-order valence-electron chi connectivity index (χ4n) is 3.22. The summed E-state index contributed by atoms with van der Waals surface area (Å²) in [5.41, 5.74) is 4.71. The Hall–Kier alpha value is -2.98. The quantitative estimate of drug-likeness (QED) is 0.142. The second kappa shape index (κ2) is 13.9. The Kier molecular flexibility index (Phi) is 10.7. The SMILES string of the molecule is CCOc1ccc(C(=O)N/N=C/c2cc(I)c(OCc3ccc(Cl)cc3)c(OCC)c2)cc1OCC. The lowest BCUT2D eigenvalue weighted by Crippen LogP contribution is -2.17. The summed E-state index contributed by atoms with van der Waals surface area (Å²) in [6.07, 6.45) is 1.56. The first kappa shape index (κ1) is 27.6. The van der Waals surface area contributed by atoms with Crippen molar-refractivity contribution in [3.05, 3.63) is 79.9 Å². The van der Waals surface area contributed by atoms with Crippen molar-refractivity contribution in [3.63, 3.8) is 0 Å². The smallest absolute Gasteiger partial charge is 0.271 e. The molecule has 3 aromatic rings. The van der Waals surface area contributed by atoms with Crippen LogP contribution in [-0.2, 0) is 6.61 Å². The molecule has 0 fully saturated rings. The highest BCUT2D eigenvalue weighted by molar-refractivity contribution is 14.1. The molecular weight excluding hydrogens is 595 g/mol. The van der Waals surface area contributed by atoms with E-state index in [1.54, 1.807) is 24.4 Å². The first-order valence-corrected chi connectivity index (χ1v) is 13.0. The average Bonchev–Trinajstić information content (AvgIpc) is 2.86. The van der Waals surface area contributed by atoms with Crippen LogP contribution in [0.1, 0.15) is 42.3 Å². The summed E-state index contributed by atoms with van der Waals surface area (Å²) in [4.78, 5) is 12.6. The molecule has 0 saturated carbocycles. The van der Waals surface area contributed by atoms with Crippen molar-refractivity contribution in [2.75, 3.05) is 19.8 Å². The van der Waals surface area contributed by atoms with E-state index in [0.717, 1.165) is 14.7 Å². The highest BCUT2D eigenvalue weighted by Gasteiger charge is 2.13. The van der Waals surface area contributed by atoms with Crippen molar-refractivity contribution in [2.24, 2.45) is 5.10 Å². The van der Waals surface area contributed by atoms with Gasteiger partial charge in [0.15, 0.2) is 23.0 Å². The van der Waals surface area contributed by atoms with Gasteiger partial charge in [-0.3, -0.25) is 4.79 Å². The molecule has 0 aromatic heterocycles. The molecule has 9 heteroatoms. The van der Waals surface area contributed by atoms with Crippen molar-refractivity contribution in [2.45, 2.75) is 27.4 Å². The van der Waals surface area contributed by atoms with Gasteiger partial charge in [-0.2, -0.15) is 5.10 Å². The standard InChI is InChI=1S/C27H28ClIN2O5/c1-4-33-23-12-9-20(15-24(23)34-5-2)27(32)31-30-16-19-13-22(29)26(25(14-19)35-6-3)36-17-18-7-10-21(28)11-8-18/h7-16H,4-6,17H2,1-3H3,(H,31,32)/b30-16+. The number of nitrogens with one attached hydrogen (secondary N) is 1. The van der Waals surface area contributed by atoms with Gasteiger partial charge in [0.2, 0.25) is 0 Å². The fourth-order valence-corrected chi connectivity index (χ4v) is 4.13. The lowest BCUT2D eigenvalue weighted by molar-refractivity contribution is 0.0954. The number of ether oxygens (including phenoxy) is 4. The minimum atomic E-state index is -0.363. The minimum absolute atomic E-state index is 0.363. The molecule has 0 unspecified atom stereocenters. The third-order valence-electron chi connectivity index (χ3n) is 4.81. The normalized spacial score (nSPS) is 10.8. The number of carbonyl (C=O) groups excluding carboxylic acids is 1. The monoisotopic (exact) mass is 622 g/mol. The lowest BCUT2D eigenvalue weighted by atomic mass is 10.2. The van der Waals surface area contributed by atoms with Gasteiger partial charge in [-0.1, -0.05) is 23.7 Å². The minimum Gasteiger partial charge on any atom is -0.490 e. The third-order valence-corrected chi connectivity index (χ3v) is 5.87. The van der Waals surface area contributed by atoms with Crippen molar-refractivity contribution in [1.29, 1.82) is 0 Å². The Morgan fingerprint density at radius 3 is 2.25 bits per heavy atom. The summed E-state index contributed by atoms with van der Waals surface area (Å²) >= 11 is 8.15. The van der Waals surface area contributed by atoms with Crippen LogP contribution < -0.4 is 24.4 Å². The van der Waals surface area contributed by atoms with Gasteiger partial charge in [0.25, 0.3) is 5.91 Å². The molecule has 190 valence electrons. The first-order chi connectivity index (χ1) is 17.4. The zero-order valence-electron chi connectivity index (χ0n) is 20.3. The van der Waals surface area contributed by atoms with Gasteiger partial charge in [-0.15, -0.1) is 0 Å². The number of amides is 1. The molecule has 0 aliphatic rings. The van der Waals surface area contributed by atoms with Crippen LogP contribution in [-0.4, -0.2) is 31.9 Å². The summed E-state index contributed by atoms with van der Waals surface area (Å²) in [5, 5.41) is 4.79. The molecule has 3 rings (SSSR count). The van der Waals surface area contributed by atoms with Crippen LogP contribution in [0, 0.1) is 3.57 Å². The molecule has 0 bridgehead atoms. The van der Waals surface area contributed by atoms with E-state index in [4.69, 9.17) is 30.5 Å². The van der Waals surface area contributed by atoms with Crippen molar-refractivity contribution in [3.8, 4) is 23.0 Å². The molecule has 0 atom stereocenters. The zero-order chi connectivity index (χ0) is 25.9. The number of hydrogen-bond donors (Lipinski definition) is 1. The number of benzene rings is 3. The maximum absolute atomic E-state index is 12.6. The van der Waals surface area contributed by atoms with Gasteiger partial charge < -0.3 is 18.9 Å². The molecule has 7 nitrogen and oxygen atoms in total. The molecule has 3 aromatic carbocycles. The highest BCUT2D eigenvalue weighted by atomic mass is 127. The van der Waals surface area contributed by atoms with E-state index in [-0.39, 0.29) is 5.91 Å². The van der Waals surface area contributed by atoms with Crippen molar-refractivity contribution in [1.82, 2.24) is 5.43 Å². The Morgan fingerprint density at radius 1 is 0.889 bits per heavy atom. The van der Waals surface area contributed by atoms with Gasteiger partial charge in [0, 0.05) is 10.6 Å². The second-order valence-electron chi connectivity index (χ2n) is 7.40. The number of hydrazone groups is 1. The molecule has 36 heavy (non-hydrogen) atoms.